The van der Waals surface area contributed by atoms with Crippen LogP contribution in [-0.4, -0.2) is 20.2 Å². The highest BCUT2D eigenvalue weighted by Crippen LogP contribution is 2.27. The van der Waals surface area contributed by atoms with Crippen LogP contribution >= 0.6 is 11.3 Å². The molecule has 4 aromatic rings. The number of tetrazole rings is 1. The Morgan fingerprint density at radius 3 is 2.36 bits per heavy atom. The zero-order valence-corrected chi connectivity index (χ0v) is 16.8. The molecule has 0 aliphatic carbocycles. The zero-order valence-electron chi connectivity index (χ0n) is 16.0. The third-order valence-corrected chi connectivity index (χ3v) is 5.70. The summed E-state index contributed by atoms with van der Waals surface area (Å²) >= 11 is 1.75. The van der Waals surface area contributed by atoms with Crippen LogP contribution in [0.1, 0.15) is 47.6 Å². The van der Waals surface area contributed by atoms with Crippen LogP contribution in [0.3, 0.4) is 0 Å². The molecule has 1 atom stereocenters. The Bertz CT molecular complexity index is 991. The number of nitrogens with one attached hydrogen (secondary N) is 1. The smallest absolute Gasteiger partial charge is 0.170 e. The fourth-order valence-electron chi connectivity index (χ4n) is 3.19. The summed E-state index contributed by atoms with van der Waals surface area (Å²) in [5, 5.41) is 18.0. The van der Waals surface area contributed by atoms with E-state index in [1.807, 2.05) is 30.3 Å². The Kier molecular flexibility index (Phi) is 5.60. The van der Waals surface area contributed by atoms with E-state index in [0.29, 0.717) is 12.5 Å². The maximum atomic E-state index is 4.22. The molecule has 28 heavy (non-hydrogen) atoms. The van der Waals surface area contributed by atoms with E-state index >= 15 is 0 Å². The van der Waals surface area contributed by atoms with Crippen molar-refractivity contribution in [3.63, 3.8) is 0 Å². The molecule has 0 bridgehead atoms. The fourth-order valence-corrected chi connectivity index (χ4v) is 4.02. The van der Waals surface area contributed by atoms with E-state index in [2.05, 4.69) is 76.5 Å². The van der Waals surface area contributed by atoms with Crippen molar-refractivity contribution in [1.29, 1.82) is 0 Å². The van der Waals surface area contributed by atoms with Crippen molar-refractivity contribution >= 4 is 11.3 Å². The van der Waals surface area contributed by atoms with Gasteiger partial charge in [-0.2, -0.15) is 4.68 Å². The summed E-state index contributed by atoms with van der Waals surface area (Å²) in [7, 11) is 0. The van der Waals surface area contributed by atoms with E-state index in [1.165, 1.54) is 16.0 Å². The molecule has 6 heteroatoms. The molecule has 142 valence electrons. The zero-order chi connectivity index (χ0) is 19.3. The molecule has 2 aromatic carbocycles. The van der Waals surface area contributed by atoms with Crippen LogP contribution in [0, 0.1) is 0 Å². The maximum Gasteiger partial charge on any atom is 0.170 e. The van der Waals surface area contributed by atoms with Crippen LogP contribution in [0.4, 0.5) is 0 Å². The van der Waals surface area contributed by atoms with Crippen molar-refractivity contribution in [2.24, 2.45) is 0 Å². The lowest BCUT2D eigenvalue weighted by Crippen LogP contribution is -2.23. The van der Waals surface area contributed by atoms with Gasteiger partial charge in [-0.1, -0.05) is 62.4 Å². The van der Waals surface area contributed by atoms with Gasteiger partial charge in [0.15, 0.2) is 5.82 Å². The second-order valence-corrected chi connectivity index (χ2v) is 7.97. The average molecular weight is 390 g/mol. The average Bonchev–Trinajstić information content (AvgIpc) is 3.41. The van der Waals surface area contributed by atoms with Crippen molar-refractivity contribution in [1.82, 2.24) is 25.5 Å². The number of aromatic nitrogens is 4. The lowest BCUT2D eigenvalue weighted by atomic mass is 9.98. The molecule has 1 N–H and O–H groups in total. The number of rotatable bonds is 7. The highest BCUT2D eigenvalue weighted by atomic mass is 32.1. The van der Waals surface area contributed by atoms with Gasteiger partial charge in [0.2, 0.25) is 0 Å². The Morgan fingerprint density at radius 1 is 0.929 bits per heavy atom. The second kappa shape index (κ2) is 8.46. The Morgan fingerprint density at radius 2 is 1.68 bits per heavy atom. The Hall–Kier alpha value is -2.83. The van der Waals surface area contributed by atoms with Crippen LogP contribution in [0.25, 0.3) is 5.69 Å². The fraction of sp³-hybridized carbons (Fsp3) is 0.227. The molecule has 2 aromatic heterocycles. The minimum atomic E-state index is 0.0992. The van der Waals surface area contributed by atoms with Crippen LogP contribution < -0.4 is 5.32 Å². The summed E-state index contributed by atoms with van der Waals surface area (Å²) in [6, 6.07) is 23.2. The Labute approximate surface area is 169 Å². The lowest BCUT2D eigenvalue weighted by Gasteiger charge is -2.19. The number of para-hydroxylation sites is 1. The van der Waals surface area contributed by atoms with Gasteiger partial charge in [-0.25, -0.2) is 0 Å². The summed E-state index contributed by atoms with van der Waals surface area (Å²) in [6.07, 6.45) is 0. The van der Waals surface area contributed by atoms with Crippen molar-refractivity contribution < 1.29 is 0 Å². The standard InChI is InChI=1S/C22H23N5S/c1-16(2)17-10-12-18(13-11-17)22(20-9-6-14-28-20)23-15-21-24-25-26-27(21)19-7-4-3-5-8-19/h3-14,16,22-23H,15H2,1-2H3/t22-/m1/s1. The summed E-state index contributed by atoms with van der Waals surface area (Å²) in [4.78, 5) is 1.27. The van der Waals surface area contributed by atoms with Gasteiger partial charge >= 0.3 is 0 Å². The molecule has 4 rings (SSSR count). The topological polar surface area (TPSA) is 55.6 Å². The van der Waals surface area contributed by atoms with Crippen molar-refractivity contribution in [2.45, 2.75) is 32.4 Å². The molecule has 0 aliphatic heterocycles. The number of hydrogen-bond donors (Lipinski definition) is 1. The van der Waals surface area contributed by atoms with Gasteiger partial charge < -0.3 is 0 Å². The largest absolute Gasteiger partial charge is 0.298 e. The monoisotopic (exact) mass is 389 g/mol. The van der Waals surface area contributed by atoms with Gasteiger partial charge in [0, 0.05) is 4.88 Å². The molecule has 0 saturated heterocycles. The van der Waals surface area contributed by atoms with E-state index in [4.69, 9.17) is 0 Å². The minimum Gasteiger partial charge on any atom is -0.298 e. The van der Waals surface area contributed by atoms with Gasteiger partial charge in [-0.3, -0.25) is 5.32 Å². The van der Waals surface area contributed by atoms with Crippen LogP contribution in [0.2, 0.25) is 0 Å². The molecule has 5 nitrogen and oxygen atoms in total. The Balaban J connectivity index is 1.57. The lowest BCUT2D eigenvalue weighted by molar-refractivity contribution is 0.582. The van der Waals surface area contributed by atoms with E-state index in [1.54, 1.807) is 16.0 Å². The molecule has 0 unspecified atom stereocenters. The number of benzene rings is 2. The number of hydrogen-bond acceptors (Lipinski definition) is 5. The van der Waals surface area contributed by atoms with Gasteiger partial charge in [0.1, 0.15) is 0 Å². The van der Waals surface area contributed by atoms with Gasteiger partial charge in [0.05, 0.1) is 18.3 Å². The van der Waals surface area contributed by atoms with Gasteiger partial charge in [-0.15, -0.1) is 16.4 Å². The van der Waals surface area contributed by atoms with Gasteiger partial charge in [-0.05, 0) is 51.1 Å². The maximum absolute atomic E-state index is 4.22. The van der Waals surface area contributed by atoms with Crippen molar-refractivity contribution in [2.75, 3.05) is 0 Å². The molecule has 0 spiro atoms. The molecule has 0 amide bonds. The highest BCUT2D eigenvalue weighted by Gasteiger charge is 2.17. The molecule has 0 fully saturated rings. The van der Waals surface area contributed by atoms with E-state index in [9.17, 15) is 0 Å². The van der Waals surface area contributed by atoms with E-state index in [0.717, 1.165) is 11.5 Å². The summed E-state index contributed by atoms with van der Waals surface area (Å²) in [6.45, 7) is 5.00. The van der Waals surface area contributed by atoms with Crippen molar-refractivity contribution in [3.8, 4) is 5.69 Å². The summed E-state index contributed by atoms with van der Waals surface area (Å²) < 4.78 is 1.78. The molecule has 2 heterocycles. The van der Waals surface area contributed by atoms with Crippen molar-refractivity contribution in [3.05, 3.63) is 93.9 Å². The predicted octanol–water partition coefficient (Wildman–Crippen LogP) is 4.73. The first kappa shape index (κ1) is 18.5. The third-order valence-electron chi connectivity index (χ3n) is 4.76. The molecule has 0 radical (unpaired) electrons. The molecular formula is C22H23N5S. The number of thiophene rings is 1. The highest BCUT2D eigenvalue weighted by molar-refractivity contribution is 7.10. The first-order valence-electron chi connectivity index (χ1n) is 9.41. The number of nitrogens with zero attached hydrogens (tertiary/aromatic N) is 4. The first-order valence-corrected chi connectivity index (χ1v) is 10.3. The molecular weight excluding hydrogens is 366 g/mol. The van der Waals surface area contributed by atoms with Crippen LogP contribution in [0.5, 0.6) is 0 Å². The van der Waals surface area contributed by atoms with E-state index < -0.39 is 0 Å². The normalized spacial score (nSPS) is 12.4. The quantitative estimate of drug-likeness (QED) is 0.497. The second-order valence-electron chi connectivity index (χ2n) is 6.99. The molecule has 0 saturated carbocycles. The van der Waals surface area contributed by atoms with Gasteiger partial charge in [0.25, 0.3) is 0 Å². The minimum absolute atomic E-state index is 0.0992. The third kappa shape index (κ3) is 4.03. The predicted molar refractivity (Wildman–Crippen MR) is 113 cm³/mol. The summed E-state index contributed by atoms with van der Waals surface area (Å²) in [5.41, 5.74) is 3.55. The molecule has 0 aliphatic rings. The van der Waals surface area contributed by atoms with E-state index in [-0.39, 0.29) is 6.04 Å². The van der Waals surface area contributed by atoms with Crippen LogP contribution in [-0.2, 0) is 6.54 Å². The van der Waals surface area contributed by atoms with Crippen LogP contribution in [0.15, 0.2) is 72.1 Å². The SMILES string of the molecule is CC(C)c1ccc([C@@H](NCc2nnnn2-c2ccccc2)c2cccs2)cc1. The first-order chi connectivity index (χ1) is 13.7. The summed E-state index contributed by atoms with van der Waals surface area (Å²) in [5.74, 6) is 1.31.